The van der Waals surface area contributed by atoms with E-state index in [1.54, 1.807) is 13.8 Å². The van der Waals surface area contributed by atoms with Crippen molar-refractivity contribution in [2.24, 2.45) is 11.7 Å². The van der Waals surface area contributed by atoms with E-state index in [1.165, 1.54) is 0 Å². The molecule has 0 aromatic heterocycles. The minimum atomic E-state index is -4.08. The van der Waals surface area contributed by atoms with Crippen molar-refractivity contribution < 1.29 is 18.0 Å². The minimum absolute atomic E-state index is 0.483. The molecular formula is C8H16N2O4S. The molecule has 0 saturated carbocycles. The second-order valence-corrected chi connectivity index (χ2v) is 6.23. The van der Waals surface area contributed by atoms with E-state index in [1.807, 2.05) is 4.72 Å². The molecular weight excluding hydrogens is 220 g/mol. The zero-order valence-corrected chi connectivity index (χ0v) is 10.0. The maximum atomic E-state index is 11.6. The maximum absolute atomic E-state index is 11.6. The predicted octanol–water partition coefficient (Wildman–Crippen LogP) is -0.648. The number of primary amides is 1. The Morgan fingerprint density at radius 2 is 1.67 bits per heavy atom. The van der Waals surface area contributed by atoms with Gasteiger partial charge in [-0.3, -0.25) is 14.3 Å². The molecule has 0 saturated heterocycles. The van der Waals surface area contributed by atoms with Gasteiger partial charge in [-0.15, -0.1) is 0 Å². The average Bonchev–Trinajstić information content (AvgIpc) is 2.02. The van der Waals surface area contributed by atoms with Gasteiger partial charge in [0, 0.05) is 5.92 Å². The average molecular weight is 236 g/mol. The summed E-state index contributed by atoms with van der Waals surface area (Å²) < 4.78 is 23.2. The van der Waals surface area contributed by atoms with Gasteiger partial charge in [-0.05, 0) is 13.8 Å². The van der Waals surface area contributed by atoms with Crippen LogP contribution in [0, 0.1) is 5.92 Å². The number of hydrogen-bond donors (Lipinski definition) is 2. The Morgan fingerprint density at radius 3 is 1.93 bits per heavy atom. The Labute approximate surface area is 89.3 Å². The maximum Gasteiger partial charge on any atom is 0.249 e. The van der Waals surface area contributed by atoms with Gasteiger partial charge in [-0.25, -0.2) is 8.42 Å². The van der Waals surface area contributed by atoms with Gasteiger partial charge in [-0.2, -0.15) is 0 Å². The summed E-state index contributed by atoms with van der Waals surface area (Å²) in [5.41, 5.74) is 4.94. The van der Waals surface area contributed by atoms with Crippen LogP contribution >= 0.6 is 0 Å². The van der Waals surface area contributed by atoms with E-state index in [0.717, 1.165) is 13.8 Å². The van der Waals surface area contributed by atoms with Crippen molar-refractivity contribution in [3.63, 3.8) is 0 Å². The third kappa shape index (κ3) is 2.92. The third-order valence-electron chi connectivity index (χ3n) is 2.02. The van der Waals surface area contributed by atoms with E-state index in [9.17, 15) is 18.0 Å². The lowest BCUT2D eigenvalue weighted by atomic mass is 10.2. The van der Waals surface area contributed by atoms with Gasteiger partial charge in [0.05, 0.1) is 0 Å². The highest BCUT2D eigenvalue weighted by Crippen LogP contribution is 2.14. The first-order chi connectivity index (χ1) is 6.52. The van der Waals surface area contributed by atoms with Crippen molar-refractivity contribution in [2.45, 2.75) is 32.4 Å². The van der Waals surface area contributed by atoms with Gasteiger partial charge in [0.1, 0.15) is 0 Å². The van der Waals surface area contributed by atoms with Crippen molar-refractivity contribution >= 4 is 21.8 Å². The molecule has 2 amide bonds. The lowest BCUT2D eigenvalue weighted by molar-refractivity contribution is -0.122. The van der Waals surface area contributed by atoms with Crippen LogP contribution < -0.4 is 10.5 Å². The summed E-state index contributed by atoms with van der Waals surface area (Å²) in [4.78, 5) is 22.1. The number of rotatable bonds is 4. The summed E-state index contributed by atoms with van der Waals surface area (Å²) in [7, 11) is -4.08. The fourth-order valence-corrected chi connectivity index (χ4v) is 1.53. The Balaban J connectivity index is 5.03. The molecule has 0 atom stereocenters. The van der Waals surface area contributed by atoms with E-state index in [0.29, 0.717) is 0 Å². The molecule has 0 aromatic carbocycles. The molecule has 0 rings (SSSR count). The van der Waals surface area contributed by atoms with Crippen LogP contribution in [-0.4, -0.2) is 25.0 Å². The van der Waals surface area contributed by atoms with E-state index < -0.39 is 32.5 Å². The summed E-state index contributed by atoms with van der Waals surface area (Å²) in [5.74, 6) is -2.15. The standard InChI is InChI=1S/C8H16N2O4S/c1-5(2)6(11)10-15(13,14)8(3,4)7(9)12/h5H,1-4H3,(H2,9,12)(H,10,11). The molecule has 0 heterocycles. The number of amides is 2. The molecule has 0 fully saturated rings. The fourth-order valence-electron chi connectivity index (χ4n) is 0.510. The second-order valence-electron chi connectivity index (χ2n) is 4.00. The minimum Gasteiger partial charge on any atom is -0.368 e. The molecule has 0 radical (unpaired) electrons. The molecule has 0 unspecified atom stereocenters. The zero-order valence-electron chi connectivity index (χ0n) is 9.20. The summed E-state index contributed by atoms with van der Waals surface area (Å²) in [6.45, 7) is 5.38. The van der Waals surface area contributed by atoms with Crippen molar-refractivity contribution in [1.82, 2.24) is 4.72 Å². The lowest BCUT2D eigenvalue weighted by Gasteiger charge is -2.21. The number of sulfonamides is 1. The lowest BCUT2D eigenvalue weighted by Crippen LogP contribution is -2.52. The van der Waals surface area contributed by atoms with E-state index in [4.69, 9.17) is 5.73 Å². The van der Waals surface area contributed by atoms with Crippen LogP contribution in [0.25, 0.3) is 0 Å². The highest BCUT2D eigenvalue weighted by atomic mass is 32.2. The number of nitrogens with two attached hydrogens (primary N) is 1. The van der Waals surface area contributed by atoms with Crippen molar-refractivity contribution in [2.75, 3.05) is 0 Å². The highest BCUT2D eigenvalue weighted by Gasteiger charge is 2.41. The van der Waals surface area contributed by atoms with E-state index in [-0.39, 0.29) is 0 Å². The first kappa shape index (κ1) is 13.9. The second kappa shape index (κ2) is 4.18. The normalized spacial score (nSPS) is 12.6. The molecule has 0 aromatic rings. The molecule has 3 N–H and O–H groups in total. The van der Waals surface area contributed by atoms with Gasteiger partial charge in [-0.1, -0.05) is 13.8 Å². The molecule has 0 aliphatic heterocycles. The van der Waals surface area contributed by atoms with Gasteiger partial charge in [0.25, 0.3) is 0 Å². The quantitative estimate of drug-likeness (QED) is 0.676. The molecule has 0 aliphatic rings. The van der Waals surface area contributed by atoms with Crippen LogP contribution in [0.1, 0.15) is 27.7 Å². The van der Waals surface area contributed by atoms with Crippen LogP contribution in [-0.2, 0) is 19.6 Å². The highest BCUT2D eigenvalue weighted by molar-refractivity contribution is 7.92. The number of hydrogen-bond acceptors (Lipinski definition) is 4. The number of carbonyl (C=O) groups is 2. The van der Waals surface area contributed by atoms with Gasteiger partial charge in [0.2, 0.25) is 21.8 Å². The predicted molar refractivity (Wildman–Crippen MR) is 55.2 cm³/mol. The SMILES string of the molecule is CC(C)C(=O)NS(=O)(=O)C(C)(C)C(N)=O. The van der Waals surface area contributed by atoms with Crippen LogP contribution in [0.3, 0.4) is 0 Å². The van der Waals surface area contributed by atoms with E-state index in [2.05, 4.69) is 0 Å². The molecule has 15 heavy (non-hydrogen) atoms. The summed E-state index contributed by atoms with van der Waals surface area (Å²) >= 11 is 0. The number of carbonyl (C=O) groups excluding carboxylic acids is 2. The summed E-state index contributed by atoms with van der Waals surface area (Å²) in [5, 5.41) is 0. The first-order valence-corrected chi connectivity index (χ1v) is 5.87. The molecule has 7 heteroatoms. The summed E-state index contributed by atoms with van der Waals surface area (Å²) in [6.07, 6.45) is 0. The van der Waals surface area contributed by atoms with Gasteiger partial charge < -0.3 is 5.73 Å². The van der Waals surface area contributed by atoms with Crippen molar-refractivity contribution in [3.8, 4) is 0 Å². The van der Waals surface area contributed by atoms with Gasteiger partial charge >= 0.3 is 0 Å². The molecule has 0 spiro atoms. The Morgan fingerprint density at radius 1 is 1.27 bits per heavy atom. The molecule has 0 bridgehead atoms. The third-order valence-corrected chi connectivity index (χ3v) is 4.04. The molecule has 0 aliphatic carbocycles. The Hall–Kier alpha value is -1.11. The van der Waals surface area contributed by atoms with Crippen LogP contribution in [0.4, 0.5) is 0 Å². The van der Waals surface area contributed by atoms with Gasteiger partial charge in [0.15, 0.2) is 4.75 Å². The molecule has 88 valence electrons. The topological polar surface area (TPSA) is 106 Å². The largest absolute Gasteiger partial charge is 0.368 e. The zero-order chi connectivity index (χ0) is 12.4. The Kier molecular flexibility index (Phi) is 3.87. The van der Waals surface area contributed by atoms with Crippen molar-refractivity contribution in [1.29, 1.82) is 0 Å². The number of nitrogens with one attached hydrogen (secondary N) is 1. The smallest absolute Gasteiger partial charge is 0.249 e. The first-order valence-electron chi connectivity index (χ1n) is 4.38. The Bertz CT molecular complexity index is 370. The van der Waals surface area contributed by atoms with Crippen LogP contribution in [0.2, 0.25) is 0 Å². The van der Waals surface area contributed by atoms with Crippen molar-refractivity contribution in [3.05, 3.63) is 0 Å². The fraction of sp³-hybridized carbons (Fsp3) is 0.750. The monoisotopic (exact) mass is 236 g/mol. The van der Waals surface area contributed by atoms with Crippen LogP contribution in [0.15, 0.2) is 0 Å². The summed E-state index contributed by atoms with van der Waals surface area (Å²) in [6, 6.07) is 0. The molecule has 6 nitrogen and oxygen atoms in total. The van der Waals surface area contributed by atoms with E-state index >= 15 is 0 Å². The van der Waals surface area contributed by atoms with Crippen LogP contribution in [0.5, 0.6) is 0 Å².